The van der Waals surface area contributed by atoms with Crippen molar-refractivity contribution in [3.63, 3.8) is 0 Å². The molecule has 0 amide bonds. The first-order chi connectivity index (χ1) is 7.71. The SMILES string of the molecule is CCCC1CCC(NC)C(CN(C)CC)C1. The second-order valence-corrected chi connectivity index (χ2v) is 5.48. The van der Waals surface area contributed by atoms with E-state index in [-0.39, 0.29) is 0 Å². The Balaban J connectivity index is 2.46. The van der Waals surface area contributed by atoms with E-state index in [1.807, 2.05) is 0 Å². The summed E-state index contributed by atoms with van der Waals surface area (Å²) in [5.41, 5.74) is 0. The maximum Gasteiger partial charge on any atom is 0.0105 e. The molecular weight excluding hydrogens is 196 g/mol. The van der Waals surface area contributed by atoms with Crippen LogP contribution in [0.5, 0.6) is 0 Å². The summed E-state index contributed by atoms with van der Waals surface area (Å²) in [5, 5.41) is 3.52. The predicted octanol–water partition coefficient (Wildman–Crippen LogP) is 2.74. The standard InChI is InChI=1S/C14H30N2/c1-5-7-12-8-9-14(15-3)13(10-12)11-16(4)6-2/h12-15H,5-11H2,1-4H3. The average Bonchev–Trinajstić information content (AvgIpc) is 2.30. The maximum absolute atomic E-state index is 3.52. The number of hydrogen-bond donors (Lipinski definition) is 1. The van der Waals surface area contributed by atoms with Gasteiger partial charge in [-0.25, -0.2) is 0 Å². The van der Waals surface area contributed by atoms with E-state index in [2.05, 4.69) is 38.2 Å². The normalized spacial score (nSPS) is 30.9. The molecule has 2 nitrogen and oxygen atoms in total. The van der Waals surface area contributed by atoms with Crippen molar-refractivity contribution < 1.29 is 0 Å². The maximum atomic E-state index is 3.52. The molecule has 0 bridgehead atoms. The Hall–Kier alpha value is -0.0800. The van der Waals surface area contributed by atoms with Crippen LogP contribution < -0.4 is 5.32 Å². The van der Waals surface area contributed by atoms with Crippen molar-refractivity contribution in [1.29, 1.82) is 0 Å². The van der Waals surface area contributed by atoms with Crippen LogP contribution in [0.1, 0.15) is 46.0 Å². The molecule has 0 saturated heterocycles. The lowest BCUT2D eigenvalue weighted by Crippen LogP contribution is -2.43. The second kappa shape index (κ2) is 7.29. The predicted molar refractivity (Wildman–Crippen MR) is 71.8 cm³/mol. The van der Waals surface area contributed by atoms with Gasteiger partial charge < -0.3 is 10.2 Å². The van der Waals surface area contributed by atoms with Gasteiger partial charge in [0.25, 0.3) is 0 Å². The van der Waals surface area contributed by atoms with Gasteiger partial charge in [-0.3, -0.25) is 0 Å². The van der Waals surface area contributed by atoms with Crippen molar-refractivity contribution in [3.05, 3.63) is 0 Å². The fourth-order valence-corrected chi connectivity index (χ4v) is 3.14. The minimum absolute atomic E-state index is 0.752. The van der Waals surface area contributed by atoms with E-state index in [1.165, 1.54) is 45.2 Å². The molecule has 0 aromatic heterocycles. The van der Waals surface area contributed by atoms with E-state index < -0.39 is 0 Å². The summed E-state index contributed by atoms with van der Waals surface area (Å²) in [4.78, 5) is 2.46. The Morgan fingerprint density at radius 3 is 2.56 bits per heavy atom. The van der Waals surface area contributed by atoms with Crippen LogP contribution in [0.25, 0.3) is 0 Å². The van der Waals surface area contributed by atoms with Crippen molar-refractivity contribution >= 4 is 0 Å². The van der Waals surface area contributed by atoms with Gasteiger partial charge in [-0.15, -0.1) is 0 Å². The lowest BCUT2D eigenvalue weighted by Gasteiger charge is -2.38. The molecule has 1 fully saturated rings. The monoisotopic (exact) mass is 226 g/mol. The molecule has 3 unspecified atom stereocenters. The van der Waals surface area contributed by atoms with Crippen LogP contribution in [0.2, 0.25) is 0 Å². The second-order valence-electron chi connectivity index (χ2n) is 5.48. The van der Waals surface area contributed by atoms with Gasteiger partial charge in [0.05, 0.1) is 0 Å². The Morgan fingerprint density at radius 2 is 2.00 bits per heavy atom. The van der Waals surface area contributed by atoms with Gasteiger partial charge in [0.2, 0.25) is 0 Å². The van der Waals surface area contributed by atoms with Crippen LogP contribution in [0, 0.1) is 11.8 Å². The lowest BCUT2D eigenvalue weighted by atomic mass is 9.76. The van der Waals surface area contributed by atoms with Crippen LogP contribution >= 0.6 is 0 Å². The molecule has 1 rings (SSSR count). The largest absolute Gasteiger partial charge is 0.317 e. The number of rotatable bonds is 6. The highest BCUT2D eigenvalue weighted by atomic mass is 15.1. The molecule has 1 aliphatic carbocycles. The molecule has 1 N–H and O–H groups in total. The van der Waals surface area contributed by atoms with Gasteiger partial charge >= 0.3 is 0 Å². The minimum atomic E-state index is 0.752. The highest BCUT2D eigenvalue weighted by Gasteiger charge is 2.29. The van der Waals surface area contributed by atoms with Crippen molar-refractivity contribution in [2.75, 3.05) is 27.2 Å². The van der Waals surface area contributed by atoms with Crippen LogP contribution in [-0.2, 0) is 0 Å². The van der Waals surface area contributed by atoms with E-state index in [1.54, 1.807) is 0 Å². The molecular formula is C14H30N2. The first-order valence-electron chi connectivity index (χ1n) is 7.07. The zero-order chi connectivity index (χ0) is 12.0. The fourth-order valence-electron chi connectivity index (χ4n) is 3.14. The molecule has 0 radical (unpaired) electrons. The molecule has 0 heterocycles. The van der Waals surface area contributed by atoms with Crippen molar-refractivity contribution in [2.24, 2.45) is 11.8 Å². The molecule has 16 heavy (non-hydrogen) atoms. The summed E-state index contributed by atoms with van der Waals surface area (Å²) in [5.74, 6) is 1.85. The first kappa shape index (κ1) is 14.0. The Labute approximate surface area is 102 Å². The summed E-state index contributed by atoms with van der Waals surface area (Å²) in [6.45, 7) is 7.01. The third kappa shape index (κ3) is 4.06. The summed E-state index contributed by atoms with van der Waals surface area (Å²) in [7, 11) is 4.37. The zero-order valence-electron chi connectivity index (χ0n) is 11.6. The van der Waals surface area contributed by atoms with Gasteiger partial charge in [0.15, 0.2) is 0 Å². The molecule has 0 aromatic rings. The van der Waals surface area contributed by atoms with Crippen LogP contribution in [0.15, 0.2) is 0 Å². The van der Waals surface area contributed by atoms with Gasteiger partial charge in [0, 0.05) is 12.6 Å². The minimum Gasteiger partial charge on any atom is -0.317 e. The average molecular weight is 226 g/mol. The summed E-state index contributed by atoms with van der Waals surface area (Å²) in [6.07, 6.45) is 7.03. The van der Waals surface area contributed by atoms with E-state index in [0.717, 1.165) is 17.9 Å². The van der Waals surface area contributed by atoms with E-state index in [0.29, 0.717) is 0 Å². The topological polar surface area (TPSA) is 15.3 Å². The van der Waals surface area contributed by atoms with Crippen molar-refractivity contribution in [2.45, 2.75) is 52.0 Å². The highest BCUT2D eigenvalue weighted by molar-refractivity contribution is 4.85. The number of nitrogens with zero attached hydrogens (tertiary/aromatic N) is 1. The van der Waals surface area contributed by atoms with Crippen LogP contribution in [0.4, 0.5) is 0 Å². The quantitative estimate of drug-likeness (QED) is 0.749. The molecule has 1 aliphatic rings. The Morgan fingerprint density at radius 1 is 1.25 bits per heavy atom. The lowest BCUT2D eigenvalue weighted by molar-refractivity contribution is 0.156. The van der Waals surface area contributed by atoms with E-state index >= 15 is 0 Å². The van der Waals surface area contributed by atoms with Crippen LogP contribution in [-0.4, -0.2) is 38.1 Å². The molecule has 0 aliphatic heterocycles. The summed E-state index contributed by atoms with van der Waals surface area (Å²) < 4.78 is 0. The van der Waals surface area contributed by atoms with Crippen LogP contribution in [0.3, 0.4) is 0 Å². The first-order valence-corrected chi connectivity index (χ1v) is 7.07. The summed E-state index contributed by atoms with van der Waals surface area (Å²) in [6, 6.07) is 0.752. The molecule has 3 atom stereocenters. The fraction of sp³-hybridized carbons (Fsp3) is 1.00. The third-order valence-corrected chi connectivity index (χ3v) is 4.24. The number of hydrogen-bond acceptors (Lipinski definition) is 2. The summed E-state index contributed by atoms with van der Waals surface area (Å²) >= 11 is 0. The van der Waals surface area contributed by atoms with E-state index in [9.17, 15) is 0 Å². The molecule has 0 aromatic carbocycles. The Bertz CT molecular complexity index is 182. The molecule has 2 heteroatoms. The van der Waals surface area contributed by atoms with Crippen molar-refractivity contribution in [3.8, 4) is 0 Å². The number of nitrogens with one attached hydrogen (secondary N) is 1. The smallest absolute Gasteiger partial charge is 0.0105 e. The molecule has 1 saturated carbocycles. The van der Waals surface area contributed by atoms with Gasteiger partial charge in [0.1, 0.15) is 0 Å². The third-order valence-electron chi connectivity index (χ3n) is 4.24. The van der Waals surface area contributed by atoms with Crippen molar-refractivity contribution in [1.82, 2.24) is 10.2 Å². The van der Waals surface area contributed by atoms with Gasteiger partial charge in [-0.1, -0.05) is 26.7 Å². The van der Waals surface area contributed by atoms with E-state index in [4.69, 9.17) is 0 Å². The van der Waals surface area contributed by atoms with Gasteiger partial charge in [-0.05, 0) is 51.7 Å². The zero-order valence-corrected chi connectivity index (χ0v) is 11.6. The molecule has 0 spiro atoms. The molecule has 96 valence electrons. The highest BCUT2D eigenvalue weighted by Crippen LogP contribution is 2.32. The Kier molecular flexibility index (Phi) is 6.37. The van der Waals surface area contributed by atoms with Gasteiger partial charge in [-0.2, -0.15) is 0 Å².